The summed E-state index contributed by atoms with van der Waals surface area (Å²) in [5.41, 5.74) is 1.09. The van der Waals surface area contributed by atoms with Gasteiger partial charge in [0.15, 0.2) is 0 Å². The van der Waals surface area contributed by atoms with E-state index in [0.717, 1.165) is 18.1 Å². The third-order valence-electron chi connectivity index (χ3n) is 2.66. The van der Waals surface area contributed by atoms with Gasteiger partial charge in [-0.25, -0.2) is 4.98 Å². The van der Waals surface area contributed by atoms with E-state index >= 15 is 0 Å². The van der Waals surface area contributed by atoms with Crippen molar-refractivity contribution < 1.29 is 0 Å². The number of nitrogens with one attached hydrogen (secondary N) is 2. The monoisotopic (exact) mass is 243 g/mol. The lowest BCUT2D eigenvalue weighted by Gasteiger charge is -1.92. The number of rotatable bonds is 3. The summed E-state index contributed by atoms with van der Waals surface area (Å²) in [6, 6.07) is 10.6. The number of imidazole rings is 1. The van der Waals surface area contributed by atoms with E-state index in [9.17, 15) is 0 Å². The van der Waals surface area contributed by atoms with Gasteiger partial charge in [0.25, 0.3) is 0 Å². The largest absolute Gasteiger partial charge is 0.340 e. The van der Waals surface area contributed by atoms with Crippen molar-refractivity contribution in [1.29, 1.82) is 0 Å². The van der Waals surface area contributed by atoms with Crippen LogP contribution < -0.4 is 5.32 Å². The van der Waals surface area contributed by atoms with Crippen molar-refractivity contribution in [2.24, 2.45) is 0 Å². The van der Waals surface area contributed by atoms with Crippen molar-refractivity contribution in [2.75, 3.05) is 7.05 Å². The fraction of sp³-hybridized carbons (Fsp3) is 0.154. The van der Waals surface area contributed by atoms with Crippen LogP contribution in [0.25, 0.3) is 20.7 Å². The van der Waals surface area contributed by atoms with Gasteiger partial charge in [-0.2, -0.15) is 0 Å². The van der Waals surface area contributed by atoms with Gasteiger partial charge in [0.1, 0.15) is 5.82 Å². The van der Waals surface area contributed by atoms with Crippen molar-refractivity contribution in [2.45, 2.75) is 6.54 Å². The highest BCUT2D eigenvalue weighted by molar-refractivity contribution is 7.22. The first-order valence-corrected chi connectivity index (χ1v) is 6.36. The predicted molar refractivity (Wildman–Crippen MR) is 72.2 cm³/mol. The first-order valence-electron chi connectivity index (χ1n) is 5.54. The van der Waals surface area contributed by atoms with E-state index in [0.29, 0.717) is 0 Å². The molecule has 0 radical (unpaired) electrons. The van der Waals surface area contributed by atoms with Crippen molar-refractivity contribution in [3.63, 3.8) is 0 Å². The number of nitrogens with zero attached hydrogens (tertiary/aromatic N) is 1. The van der Waals surface area contributed by atoms with Gasteiger partial charge < -0.3 is 10.3 Å². The summed E-state index contributed by atoms with van der Waals surface area (Å²) in [5.74, 6) is 0.972. The van der Waals surface area contributed by atoms with Crippen LogP contribution in [0.1, 0.15) is 5.82 Å². The quantitative estimate of drug-likeness (QED) is 0.742. The highest BCUT2D eigenvalue weighted by Gasteiger charge is 2.06. The second kappa shape index (κ2) is 4.31. The number of hydrogen-bond acceptors (Lipinski definition) is 3. The standard InChI is InChI=1S/C13H13N3S/c1-14-8-13-15-7-10(16-13)12-6-9-4-2-3-5-11(9)17-12/h2-7,14H,8H2,1H3,(H,15,16). The second-order valence-corrected chi connectivity index (χ2v) is 5.01. The number of aromatic amines is 1. The lowest BCUT2D eigenvalue weighted by Crippen LogP contribution is -2.06. The van der Waals surface area contributed by atoms with Crippen LogP contribution in [0.15, 0.2) is 36.5 Å². The van der Waals surface area contributed by atoms with Gasteiger partial charge >= 0.3 is 0 Å². The molecule has 2 aromatic heterocycles. The number of H-pyrrole nitrogens is 1. The first-order chi connectivity index (χ1) is 8.36. The Morgan fingerprint density at radius 2 is 2.24 bits per heavy atom. The third kappa shape index (κ3) is 1.97. The molecule has 0 fully saturated rings. The number of thiophene rings is 1. The molecule has 0 aliphatic heterocycles. The van der Waals surface area contributed by atoms with Crippen LogP contribution in [0.4, 0.5) is 0 Å². The van der Waals surface area contributed by atoms with Crippen LogP contribution in [0.5, 0.6) is 0 Å². The van der Waals surface area contributed by atoms with Gasteiger partial charge in [0, 0.05) is 4.70 Å². The Kier molecular flexibility index (Phi) is 2.66. The third-order valence-corrected chi connectivity index (χ3v) is 3.81. The van der Waals surface area contributed by atoms with Gasteiger partial charge in [-0.05, 0) is 24.6 Å². The molecule has 2 heterocycles. The predicted octanol–water partition coefficient (Wildman–Crippen LogP) is 3.01. The molecule has 0 saturated heterocycles. The van der Waals surface area contributed by atoms with Gasteiger partial charge in [-0.1, -0.05) is 18.2 Å². The number of hydrogen-bond donors (Lipinski definition) is 2. The average molecular weight is 243 g/mol. The summed E-state index contributed by atoms with van der Waals surface area (Å²) in [6.45, 7) is 0.769. The Morgan fingerprint density at radius 1 is 1.35 bits per heavy atom. The van der Waals surface area contributed by atoms with Crippen molar-refractivity contribution in [3.05, 3.63) is 42.4 Å². The lowest BCUT2D eigenvalue weighted by atomic mass is 10.2. The summed E-state index contributed by atoms with van der Waals surface area (Å²) in [5, 5.41) is 4.37. The molecule has 4 heteroatoms. The zero-order valence-electron chi connectivity index (χ0n) is 9.53. The molecule has 3 aromatic rings. The van der Waals surface area contributed by atoms with E-state index in [2.05, 4.69) is 45.6 Å². The van der Waals surface area contributed by atoms with Crippen LogP contribution in [-0.4, -0.2) is 17.0 Å². The normalized spacial score (nSPS) is 11.1. The van der Waals surface area contributed by atoms with Gasteiger partial charge in [0.05, 0.1) is 23.3 Å². The topological polar surface area (TPSA) is 40.7 Å². The minimum absolute atomic E-state index is 0.769. The minimum Gasteiger partial charge on any atom is -0.340 e. The molecule has 0 amide bonds. The first kappa shape index (κ1) is 10.5. The van der Waals surface area contributed by atoms with Gasteiger partial charge in [-0.3, -0.25) is 0 Å². The fourth-order valence-electron chi connectivity index (χ4n) is 1.86. The highest BCUT2D eigenvalue weighted by atomic mass is 32.1. The Bertz CT molecular complexity index is 606. The zero-order chi connectivity index (χ0) is 11.7. The summed E-state index contributed by atoms with van der Waals surface area (Å²) in [7, 11) is 1.92. The maximum Gasteiger partial charge on any atom is 0.120 e. The Morgan fingerprint density at radius 3 is 3.06 bits per heavy atom. The molecule has 1 aromatic carbocycles. The molecule has 0 saturated carbocycles. The SMILES string of the molecule is CNCc1ncc(-c2cc3ccccc3s2)[nH]1. The molecule has 3 nitrogen and oxygen atoms in total. The van der Waals surface area contributed by atoms with E-state index in [1.807, 2.05) is 13.2 Å². The molecule has 0 bridgehead atoms. The lowest BCUT2D eigenvalue weighted by molar-refractivity contribution is 0.772. The highest BCUT2D eigenvalue weighted by Crippen LogP contribution is 2.32. The molecular weight excluding hydrogens is 230 g/mol. The Labute approximate surface area is 104 Å². The van der Waals surface area contributed by atoms with E-state index in [4.69, 9.17) is 0 Å². The Hall–Kier alpha value is -1.65. The van der Waals surface area contributed by atoms with Gasteiger partial charge in [-0.15, -0.1) is 11.3 Å². The molecule has 3 rings (SSSR count). The van der Waals surface area contributed by atoms with Crippen molar-refractivity contribution in [3.8, 4) is 10.6 Å². The van der Waals surface area contributed by atoms with E-state index in [1.54, 1.807) is 11.3 Å². The van der Waals surface area contributed by atoms with Crippen molar-refractivity contribution in [1.82, 2.24) is 15.3 Å². The molecule has 0 spiro atoms. The van der Waals surface area contributed by atoms with Crippen LogP contribution in [0.3, 0.4) is 0 Å². The number of aromatic nitrogens is 2. The fourth-order valence-corrected chi connectivity index (χ4v) is 2.89. The number of fused-ring (bicyclic) bond motifs is 1. The maximum absolute atomic E-state index is 4.34. The van der Waals surface area contributed by atoms with Gasteiger partial charge in [0.2, 0.25) is 0 Å². The molecule has 17 heavy (non-hydrogen) atoms. The second-order valence-electron chi connectivity index (χ2n) is 3.92. The summed E-state index contributed by atoms with van der Waals surface area (Å²) in [6.07, 6.45) is 1.90. The van der Waals surface area contributed by atoms with E-state index in [1.165, 1.54) is 15.0 Å². The minimum atomic E-state index is 0.769. The maximum atomic E-state index is 4.34. The van der Waals surface area contributed by atoms with Crippen LogP contribution >= 0.6 is 11.3 Å². The van der Waals surface area contributed by atoms with E-state index in [-0.39, 0.29) is 0 Å². The summed E-state index contributed by atoms with van der Waals surface area (Å²) >= 11 is 1.79. The van der Waals surface area contributed by atoms with Crippen molar-refractivity contribution >= 4 is 21.4 Å². The molecule has 0 aliphatic carbocycles. The van der Waals surface area contributed by atoms with E-state index < -0.39 is 0 Å². The zero-order valence-corrected chi connectivity index (χ0v) is 10.3. The van der Waals surface area contributed by atoms with Crippen LogP contribution in [-0.2, 0) is 6.54 Å². The number of benzene rings is 1. The van der Waals surface area contributed by atoms with Crippen LogP contribution in [0, 0.1) is 0 Å². The molecule has 0 unspecified atom stereocenters. The summed E-state index contributed by atoms with van der Waals surface area (Å²) in [4.78, 5) is 8.91. The average Bonchev–Trinajstić information content (AvgIpc) is 2.94. The molecular formula is C13H13N3S. The summed E-state index contributed by atoms with van der Waals surface area (Å²) < 4.78 is 1.31. The van der Waals surface area contributed by atoms with Crippen LogP contribution in [0.2, 0.25) is 0 Å². The smallest absolute Gasteiger partial charge is 0.120 e. The Balaban J connectivity index is 2.01. The molecule has 0 atom stereocenters. The molecule has 2 N–H and O–H groups in total. The molecule has 0 aliphatic rings. The molecule has 86 valence electrons.